The van der Waals surface area contributed by atoms with Crippen LogP contribution in [0.1, 0.15) is 23.1 Å². The second-order valence-electron chi connectivity index (χ2n) is 4.40. The lowest BCUT2D eigenvalue weighted by atomic mass is 10.2. The molecule has 0 saturated heterocycles. The third-order valence-electron chi connectivity index (χ3n) is 2.66. The largest absolute Gasteiger partial charge is 0.488 e. The van der Waals surface area contributed by atoms with Crippen molar-refractivity contribution in [2.75, 3.05) is 5.88 Å². The predicted molar refractivity (Wildman–Crippen MR) is 82.0 cm³/mol. The van der Waals surface area contributed by atoms with Gasteiger partial charge in [0.2, 0.25) is 0 Å². The molecule has 3 heteroatoms. The summed E-state index contributed by atoms with van der Waals surface area (Å²) in [6, 6.07) is 9.83. The van der Waals surface area contributed by atoms with Crippen LogP contribution >= 0.6 is 11.6 Å². The van der Waals surface area contributed by atoms with Gasteiger partial charge < -0.3 is 4.74 Å². The molecular weight excluding hydrogens is 270 g/mol. The maximum Gasteiger partial charge on any atom is 0.135 e. The summed E-state index contributed by atoms with van der Waals surface area (Å²) in [6.07, 6.45) is 4.32. The monoisotopic (exact) mass is 285 g/mol. The van der Waals surface area contributed by atoms with Crippen LogP contribution in [0.2, 0.25) is 0 Å². The molecule has 0 bridgehead atoms. The number of halogens is 1. The third-order valence-corrected chi connectivity index (χ3v) is 2.84. The van der Waals surface area contributed by atoms with Gasteiger partial charge in [-0.3, -0.25) is 4.98 Å². The van der Waals surface area contributed by atoms with Crippen LogP contribution in [0, 0.1) is 18.8 Å². The quantitative estimate of drug-likeness (QED) is 0.627. The molecule has 0 aliphatic rings. The van der Waals surface area contributed by atoms with Gasteiger partial charge in [0.05, 0.1) is 5.56 Å². The van der Waals surface area contributed by atoms with Crippen LogP contribution in [0.5, 0.6) is 5.75 Å². The fraction of sp³-hybridized carbons (Fsp3) is 0.235. The Morgan fingerprint density at radius 2 is 2.10 bits per heavy atom. The maximum atomic E-state index is 5.83. The first-order valence-electron chi connectivity index (χ1n) is 6.47. The van der Waals surface area contributed by atoms with E-state index < -0.39 is 0 Å². The number of nitrogens with zero attached hydrogens (tertiary/aromatic N) is 1. The van der Waals surface area contributed by atoms with Crippen molar-refractivity contribution in [3.63, 3.8) is 0 Å². The summed E-state index contributed by atoms with van der Waals surface area (Å²) in [6.45, 7) is 2.50. The van der Waals surface area contributed by atoms with Gasteiger partial charge in [-0.1, -0.05) is 24.0 Å². The molecule has 0 saturated carbocycles. The van der Waals surface area contributed by atoms with Gasteiger partial charge in [0.15, 0.2) is 0 Å². The molecule has 0 amide bonds. The highest BCUT2D eigenvalue weighted by Crippen LogP contribution is 2.18. The molecular formula is C17H16ClNO. The van der Waals surface area contributed by atoms with Gasteiger partial charge >= 0.3 is 0 Å². The number of benzene rings is 1. The van der Waals surface area contributed by atoms with Crippen LogP contribution in [-0.4, -0.2) is 10.9 Å². The fourth-order valence-corrected chi connectivity index (χ4v) is 1.85. The van der Waals surface area contributed by atoms with Crippen molar-refractivity contribution in [1.29, 1.82) is 0 Å². The van der Waals surface area contributed by atoms with Crippen molar-refractivity contribution in [2.45, 2.75) is 20.0 Å². The van der Waals surface area contributed by atoms with Crippen molar-refractivity contribution in [1.82, 2.24) is 4.98 Å². The molecule has 1 aromatic carbocycles. The lowest BCUT2D eigenvalue weighted by Gasteiger charge is -2.08. The normalized spacial score (nSPS) is 9.70. The van der Waals surface area contributed by atoms with Gasteiger partial charge in [-0.2, -0.15) is 0 Å². The summed E-state index contributed by atoms with van der Waals surface area (Å²) in [4.78, 5) is 4.16. The van der Waals surface area contributed by atoms with Gasteiger partial charge in [0.25, 0.3) is 0 Å². The highest BCUT2D eigenvalue weighted by molar-refractivity contribution is 6.18. The lowest BCUT2D eigenvalue weighted by molar-refractivity contribution is 0.305. The van der Waals surface area contributed by atoms with Gasteiger partial charge in [-0.15, -0.1) is 11.6 Å². The van der Waals surface area contributed by atoms with E-state index in [4.69, 9.17) is 16.3 Å². The topological polar surface area (TPSA) is 22.1 Å². The second kappa shape index (κ2) is 7.57. The van der Waals surface area contributed by atoms with E-state index in [0.717, 1.165) is 22.4 Å². The Kier molecular flexibility index (Phi) is 5.46. The second-order valence-corrected chi connectivity index (χ2v) is 4.77. The van der Waals surface area contributed by atoms with E-state index in [1.165, 1.54) is 0 Å². The third kappa shape index (κ3) is 4.29. The molecule has 2 nitrogen and oxygen atoms in total. The Bertz CT molecular complexity index is 628. The van der Waals surface area contributed by atoms with E-state index >= 15 is 0 Å². The Labute approximate surface area is 124 Å². The van der Waals surface area contributed by atoms with Crippen molar-refractivity contribution < 1.29 is 4.74 Å². The summed E-state index contributed by atoms with van der Waals surface area (Å²) >= 11 is 5.62. The average molecular weight is 286 g/mol. The molecule has 0 aliphatic carbocycles. The Hall–Kier alpha value is -1.98. The number of aromatic nitrogens is 1. The molecule has 1 aromatic heterocycles. The zero-order chi connectivity index (χ0) is 14.2. The highest BCUT2D eigenvalue weighted by atomic mass is 35.5. The van der Waals surface area contributed by atoms with E-state index in [2.05, 4.69) is 22.9 Å². The van der Waals surface area contributed by atoms with E-state index in [1.54, 1.807) is 0 Å². The van der Waals surface area contributed by atoms with Crippen LogP contribution in [0.25, 0.3) is 0 Å². The molecule has 0 unspecified atom stereocenters. The number of rotatable bonds is 4. The number of ether oxygens (including phenoxy) is 1. The number of aryl methyl sites for hydroxylation is 1. The number of pyridine rings is 1. The Balaban J connectivity index is 2.08. The number of hydrogen-bond donors (Lipinski definition) is 0. The van der Waals surface area contributed by atoms with Gasteiger partial charge in [-0.25, -0.2) is 0 Å². The van der Waals surface area contributed by atoms with Crippen LogP contribution in [-0.2, 0) is 6.61 Å². The molecule has 0 aliphatic heterocycles. The zero-order valence-electron chi connectivity index (χ0n) is 11.4. The lowest BCUT2D eigenvalue weighted by Crippen LogP contribution is -1.98. The van der Waals surface area contributed by atoms with E-state index in [0.29, 0.717) is 18.9 Å². The van der Waals surface area contributed by atoms with Gasteiger partial charge in [0.1, 0.15) is 12.4 Å². The highest BCUT2D eigenvalue weighted by Gasteiger charge is 2.01. The zero-order valence-corrected chi connectivity index (χ0v) is 12.2. The SMILES string of the molecule is Cc1cncc(COc2ccccc2C#CCCCl)c1. The van der Waals surface area contributed by atoms with Gasteiger partial charge in [-0.05, 0) is 30.7 Å². The maximum absolute atomic E-state index is 5.83. The number of alkyl halides is 1. The minimum atomic E-state index is 0.489. The van der Waals surface area contributed by atoms with Crippen molar-refractivity contribution in [3.8, 4) is 17.6 Å². The van der Waals surface area contributed by atoms with Crippen LogP contribution in [0.15, 0.2) is 42.7 Å². The molecule has 102 valence electrons. The van der Waals surface area contributed by atoms with E-state index in [-0.39, 0.29) is 0 Å². The summed E-state index contributed by atoms with van der Waals surface area (Å²) in [5.74, 6) is 7.45. The average Bonchev–Trinajstić information content (AvgIpc) is 2.47. The summed E-state index contributed by atoms with van der Waals surface area (Å²) in [5.41, 5.74) is 3.06. The molecule has 0 atom stereocenters. The standard InChI is InChI=1S/C17H16ClNO/c1-14-10-15(12-19-11-14)13-20-17-8-3-2-6-16(17)7-4-5-9-18/h2-3,6,8,10-12H,5,9,13H2,1H3. The van der Waals surface area contributed by atoms with Crippen LogP contribution < -0.4 is 4.74 Å². The van der Waals surface area contributed by atoms with Crippen LogP contribution in [0.4, 0.5) is 0 Å². The van der Waals surface area contributed by atoms with Crippen molar-refractivity contribution in [3.05, 3.63) is 59.4 Å². The molecule has 0 fully saturated rings. The molecule has 2 rings (SSSR count). The molecule has 2 aromatic rings. The molecule has 20 heavy (non-hydrogen) atoms. The first kappa shape index (κ1) is 14.4. The first-order chi connectivity index (χ1) is 9.79. The number of hydrogen-bond acceptors (Lipinski definition) is 2. The molecule has 0 N–H and O–H groups in total. The van der Waals surface area contributed by atoms with Crippen molar-refractivity contribution >= 4 is 11.6 Å². The Morgan fingerprint density at radius 1 is 1.25 bits per heavy atom. The summed E-state index contributed by atoms with van der Waals surface area (Å²) < 4.78 is 5.83. The minimum absolute atomic E-state index is 0.489. The van der Waals surface area contributed by atoms with Gasteiger partial charge in [0, 0.05) is 30.3 Å². The molecule has 0 radical (unpaired) electrons. The molecule has 0 spiro atoms. The predicted octanol–water partition coefficient (Wildman–Crippen LogP) is 3.95. The Morgan fingerprint density at radius 3 is 2.90 bits per heavy atom. The first-order valence-corrected chi connectivity index (χ1v) is 7.00. The van der Waals surface area contributed by atoms with E-state index in [9.17, 15) is 0 Å². The van der Waals surface area contributed by atoms with Crippen LogP contribution in [0.3, 0.4) is 0 Å². The summed E-state index contributed by atoms with van der Waals surface area (Å²) in [5, 5.41) is 0. The van der Waals surface area contributed by atoms with Crippen molar-refractivity contribution in [2.24, 2.45) is 0 Å². The minimum Gasteiger partial charge on any atom is -0.488 e. The fourth-order valence-electron chi connectivity index (χ4n) is 1.76. The van der Waals surface area contributed by atoms with E-state index in [1.807, 2.05) is 43.6 Å². The molecule has 1 heterocycles. The smallest absolute Gasteiger partial charge is 0.135 e. The summed E-state index contributed by atoms with van der Waals surface area (Å²) in [7, 11) is 0. The number of para-hydroxylation sites is 1.